The molecule has 0 aromatic rings. The molecule has 0 aromatic heterocycles. The quantitative estimate of drug-likeness (QED) is 0.508. The zero-order valence-corrected chi connectivity index (χ0v) is 10.1. The standard InChI is InChI=1S/C10H21NO5/c1-8(6-14-2)16-7-9(12)4-11-5-10(13)15-3/h8-9,11-12H,4-7H2,1-3H3. The topological polar surface area (TPSA) is 77.0 Å². The Labute approximate surface area is 95.9 Å². The van der Waals surface area contributed by atoms with E-state index in [9.17, 15) is 9.90 Å². The summed E-state index contributed by atoms with van der Waals surface area (Å²) in [6.07, 6.45) is -0.704. The van der Waals surface area contributed by atoms with E-state index in [0.717, 1.165) is 0 Å². The molecule has 2 unspecified atom stereocenters. The van der Waals surface area contributed by atoms with Crippen LogP contribution in [0.2, 0.25) is 0 Å². The van der Waals surface area contributed by atoms with Crippen LogP contribution in [-0.4, -0.2) is 63.8 Å². The van der Waals surface area contributed by atoms with E-state index < -0.39 is 6.10 Å². The molecule has 6 heteroatoms. The fraction of sp³-hybridized carbons (Fsp3) is 0.900. The van der Waals surface area contributed by atoms with Crippen LogP contribution in [0.1, 0.15) is 6.92 Å². The smallest absolute Gasteiger partial charge is 0.319 e. The Kier molecular flexibility index (Phi) is 9.12. The molecule has 16 heavy (non-hydrogen) atoms. The normalized spacial score (nSPS) is 14.5. The molecule has 2 N–H and O–H groups in total. The number of carbonyl (C=O) groups excluding carboxylic acids is 1. The molecule has 0 saturated heterocycles. The van der Waals surface area contributed by atoms with Gasteiger partial charge in [0.1, 0.15) is 0 Å². The van der Waals surface area contributed by atoms with Crippen molar-refractivity contribution in [3.8, 4) is 0 Å². The first-order valence-corrected chi connectivity index (χ1v) is 5.16. The minimum atomic E-state index is -0.649. The summed E-state index contributed by atoms with van der Waals surface area (Å²) in [5.74, 6) is -0.360. The maximum atomic E-state index is 10.7. The summed E-state index contributed by atoms with van der Waals surface area (Å²) >= 11 is 0. The summed E-state index contributed by atoms with van der Waals surface area (Å²) in [7, 11) is 2.91. The molecule has 0 amide bonds. The lowest BCUT2D eigenvalue weighted by molar-refractivity contribution is -0.139. The van der Waals surface area contributed by atoms with Crippen LogP contribution in [0.3, 0.4) is 0 Å². The number of esters is 1. The van der Waals surface area contributed by atoms with Gasteiger partial charge in [0.05, 0.1) is 39.1 Å². The largest absolute Gasteiger partial charge is 0.468 e. The van der Waals surface area contributed by atoms with Gasteiger partial charge in [-0.15, -0.1) is 0 Å². The predicted molar refractivity (Wildman–Crippen MR) is 58.2 cm³/mol. The van der Waals surface area contributed by atoms with Crippen molar-refractivity contribution in [2.45, 2.75) is 19.1 Å². The summed E-state index contributed by atoms with van der Waals surface area (Å²) < 4.78 is 14.6. The van der Waals surface area contributed by atoms with E-state index in [1.165, 1.54) is 7.11 Å². The number of carbonyl (C=O) groups is 1. The molecule has 0 spiro atoms. The Hall–Kier alpha value is -0.690. The molecule has 0 aliphatic heterocycles. The monoisotopic (exact) mass is 235 g/mol. The van der Waals surface area contributed by atoms with E-state index in [-0.39, 0.29) is 31.8 Å². The van der Waals surface area contributed by atoms with Crippen molar-refractivity contribution in [1.82, 2.24) is 5.32 Å². The van der Waals surface area contributed by atoms with Crippen LogP contribution in [-0.2, 0) is 19.0 Å². The molecule has 0 aromatic carbocycles. The van der Waals surface area contributed by atoms with Crippen LogP contribution in [0, 0.1) is 0 Å². The summed E-state index contributed by atoms with van der Waals surface area (Å²) in [5, 5.41) is 12.2. The molecule has 0 heterocycles. The summed E-state index contributed by atoms with van der Waals surface area (Å²) in [4.78, 5) is 10.7. The fourth-order valence-corrected chi connectivity index (χ4v) is 1.03. The Balaban J connectivity index is 3.44. The summed E-state index contributed by atoms with van der Waals surface area (Å²) in [6.45, 7) is 2.93. The molecule has 0 aliphatic carbocycles. The first-order valence-electron chi connectivity index (χ1n) is 5.16. The first kappa shape index (κ1) is 15.3. The van der Waals surface area contributed by atoms with E-state index in [4.69, 9.17) is 9.47 Å². The molecular formula is C10H21NO5. The molecular weight excluding hydrogens is 214 g/mol. The van der Waals surface area contributed by atoms with E-state index in [1.807, 2.05) is 6.92 Å². The SMILES string of the molecule is COCC(C)OCC(O)CNCC(=O)OC. The molecule has 96 valence electrons. The second-order valence-corrected chi connectivity index (χ2v) is 3.46. The number of hydrogen-bond donors (Lipinski definition) is 2. The highest BCUT2D eigenvalue weighted by Gasteiger charge is 2.08. The number of aliphatic hydroxyl groups is 1. The molecule has 0 bridgehead atoms. The Morgan fingerprint density at radius 1 is 1.38 bits per heavy atom. The molecule has 0 radical (unpaired) electrons. The molecule has 6 nitrogen and oxygen atoms in total. The van der Waals surface area contributed by atoms with Crippen molar-refractivity contribution in [3.63, 3.8) is 0 Å². The highest BCUT2D eigenvalue weighted by Crippen LogP contribution is 1.93. The summed E-state index contributed by atoms with van der Waals surface area (Å²) in [5.41, 5.74) is 0. The fourth-order valence-electron chi connectivity index (χ4n) is 1.03. The van der Waals surface area contributed by atoms with Crippen molar-refractivity contribution < 1.29 is 24.1 Å². The van der Waals surface area contributed by atoms with Crippen molar-refractivity contribution in [1.29, 1.82) is 0 Å². The molecule has 0 fully saturated rings. The van der Waals surface area contributed by atoms with Gasteiger partial charge in [-0.3, -0.25) is 4.79 Å². The van der Waals surface area contributed by atoms with Gasteiger partial charge in [-0.1, -0.05) is 0 Å². The van der Waals surface area contributed by atoms with Gasteiger partial charge in [0.25, 0.3) is 0 Å². The van der Waals surface area contributed by atoms with Crippen LogP contribution >= 0.6 is 0 Å². The van der Waals surface area contributed by atoms with Crippen LogP contribution < -0.4 is 5.32 Å². The highest BCUT2D eigenvalue weighted by atomic mass is 16.5. The first-order chi connectivity index (χ1) is 7.60. The van der Waals surface area contributed by atoms with Gasteiger partial charge < -0.3 is 24.6 Å². The minimum Gasteiger partial charge on any atom is -0.468 e. The third kappa shape index (κ3) is 8.60. The number of rotatable bonds is 9. The van der Waals surface area contributed by atoms with Crippen molar-refractivity contribution >= 4 is 5.97 Å². The molecule has 0 aliphatic rings. The zero-order valence-electron chi connectivity index (χ0n) is 10.1. The van der Waals surface area contributed by atoms with Gasteiger partial charge in [0.2, 0.25) is 0 Å². The Morgan fingerprint density at radius 3 is 2.62 bits per heavy atom. The van der Waals surface area contributed by atoms with Gasteiger partial charge in [-0.05, 0) is 6.92 Å². The maximum Gasteiger partial charge on any atom is 0.319 e. The van der Waals surface area contributed by atoms with E-state index in [1.54, 1.807) is 7.11 Å². The molecule has 0 rings (SSSR count). The van der Waals surface area contributed by atoms with Crippen molar-refractivity contribution in [2.75, 3.05) is 40.5 Å². The Morgan fingerprint density at radius 2 is 2.06 bits per heavy atom. The number of aliphatic hydroxyl groups excluding tert-OH is 1. The van der Waals surface area contributed by atoms with Gasteiger partial charge in [0, 0.05) is 13.7 Å². The minimum absolute atomic E-state index is 0.0553. The van der Waals surface area contributed by atoms with Crippen LogP contribution in [0.15, 0.2) is 0 Å². The number of methoxy groups -OCH3 is 2. The number of ether oxygens (including phenoxy) is 3. The average Bonchev–Trinajstić information content (AvgIpc) is 2.26. The highest BCUT2D eigenvalue weighted by molar-refractivity contribution is 5.71. The number of hydrogen-bond acceptors (Lipinski definition) is 6. The van der Waals surface area contributed by atoms with E-state index in [2.05, 4.69) is 10.1 Å². The lowest BCUT2D eigenvalue weighted by Crippen LogP contribution is -2.35. The second kappa shape index (κ2) is 9.53. The number of nitrogens with one attached hydrogen (secondary N) is 1. The van der Waals surface area contributed by atoms with Crippen molar-refractivity contribution in [2.24, 2.45) is 0 Å². The van der Waals surface area contributed by atoms with Crippen LogP contribution in [0.25, 0.3) is 0 Å². The van der Waals surface area contributed by atoms with Crippen LogP contribution in [0.5, 0.6) is 0 Å². The van der Waals surface area contributed by atoms with Crippen LogP contribution in [0.4, 0.5) is 0 Å². The predicted octanol–water partition coefficient (Wildman–Crippen LogP) is -0.839. The maximum absolute atomic E-state index is 10.7. The average molecular weight is 235 g/mol. The van der Waals surface area contributed by atoms with Gasteiger partial charge in [-0.2, -0.15) is 0 Å². The van der Waals surface area contributed by atoms with E-state index in [0.29, 0.717) is 6.61 Å². The lowest BCUT2D eigenvalue weighted by atomic mass is 10.3. The van der Waals surface area contributed by atoms with Gasteiger partial charge in [0.15, 0.2) is 0 Å². The van der Waals surface area contributed by atoms with Gasteiger partial charge in [-0.25, -0.2) is 0 Å². The van der Waals surface area contributed by atoms with Gasteiger partial charge >= 0.3 is 5.97 Å². The third-order valence-electron chi connectivity index (χ3n) is 1.85. The zero-order chi connectivity index (χ0) is 12.4. The Bertz CT molecular complexity index is 188. The molecule has 0 saturated carbocycles. The second-order valence-electron chi connectivity index (χ2n) is 3.46. The van der Waals surface area contributed by atoms with E-state index >= 15 is 0 Å². The third-order valence-corrected chi connectivity index (χ3v) is 1.85. The molecule has 2 atom stereocenters. The summed E-state index contributed by atoms with van der Waals surface area (Å²) in [6, 6.07) is 0. The lowest BCUT2D eigenvalue weighted by Gasteiger charge is -2.16. The van der Waals surface area contributed by atoms with Crippen molar-refractivity contribution in [3.05, 3.63) is 0 Å².